The molecule has 0 N–H and O–H groups in total. The molecule has 0 saturated carbocycles. The molecule has 0 fully saturated rings. The molecule has 0 unspecified atom stereocenters. The molecule has 0 aromatic heterocycles. The summed E-state index contributed by atoms with van der Waals surface area (Å²) in [4.78, 5) is 0. The first-order valence-electron chi connectivity index (χ1n) is 3.05. The average molecular weight is 173 g/mol. The largest absolute Gasteiger partial charge is 0.428 e. The summed E-state index contributed by atoms with van der Waals surface area (Å²) in [6.45, 7) is 0. The van der Waals surface area contributed by atoms with Crippen LogP contribution >= 0.6 is 0 Å². The van der Waals surface area contributed by atoms with E-state index in [1.807, 2.05) is 0 Å². The minimum atomic E-state index is -2.47. The highest BCUT2D eigenvalue weighted by Crippen LogP contribution is 2.16. The van der Waals surface area contributed by atoms with E-state index in [1.165, 1.54) is 24.3 Å². The molecule has 0 aliphatic rings. The quantitative estimate of drug-likeness (QED) is 0.625. The molecule has 0 aliphatic carbocycles. The summed E-state index contributed by atoms with van der Waals surface area (Å²) in [6, 6.07) is 6.26. The molecule has 0 atom stereocenters. The third-order valence-electron chi connectivity index (χ3n) is 1.04. The van der Waals surface area contributed by atoms with E-state index in [2.05, 4.69) is 10.8 Å². The maximum Gasteiger partial charge on any atom is 0.344 e. The second-order valence-corrected chi connectivity index (χ2v) is 1.87. The summed E-state index contributed by atoms with van der Waals surface area (Å²) < 4.78 is 39.2. The van der Waals surface area contributed by atoms with Gasteiger partial charge in [0.25, 0.3) is 0 Å². The van der Waals surface area contributed by atoms with Gasteiger partial charge in [-0.1, -0.05) is 12.1 Å². The molecule has 1 nitrogen and oxygen atoms in total. The summed E-state index contributed by atoms with van der Waals surface area (Å²) in [6.07, 6.45) is -2.47. The Kier molecular flexibility index (Phi) is 2.74. The third kappa shape index (κ3) is 2.30. The molecule has 12 heavy (non-hydrogen) atoms. The average Bonchev–Trinajstić information content (AvgIpc) is 2.06. The van der Waals surface area contributed by atoms with E-state index in [0.717, 1.165) is 0 Å². The normalized spacial score (nSPS) is 9.25. The smallest absolute Gasteiger partial charge is 0.344 e. The van der Waals surface area contributed by atoms with Crippen LogP contribution in [0.1, 0.15) is 0 Å². The zero-order valence-corrected chi connectivity index (χ0v) is 5.85. The van der Waals surface area contributed by atoms with Crippen LogP contribution in [0.4, 0.5) is 13.2 Å². The molecule has 4 heteroatoms. The fourth-order valence-electron chi connectivity index (χ4n) is 0.582. The fraction of sp³-hybridized carbons (Fsp3) is 0. The van der Waals surface area contributed by atoms with Gasteiger partial charge in [-0.3, -0.25) is 0 Å². The lowest BCUT2D eigenvalue weighted by molar-refractivity contribution is 0.241. The molecule has 0 aliphatic heterocycles. The Morgan fingerprint density at radius 2 is 1.75 bits per heavy atom. The van der Waals surface area contributed by atoms with Gasteiger partial charge in [0.2, 0.25) is 0 Å². The predicted molar refractivity (Wildman–Crippen MR) is 36.3 cm³/mol. The standard InChI is InChI=1S/C8H4F3O/c9-7(10)8(11)12-6-4-2-1-3-5-6/h2-5H. The van der Waals surface area contributed by atoms with Gasteiger partial charge in [0, 0.05) is 0 Å². The van der Waals surface area contributed by atoms with Gasteiger partial charge in [0.1, 0.15) is 5.75 Å². The maximum atomic E-state index is 12.1. The van der Waals surface area contributed by atoms with Crippen molar-refractivity contribution in [2.45, 2.75) is 0 Å². The number of hydrogen-bond donors (Lipinski definition) is 0. The van der Waals surface area contributed by atoms with Crippen LogP contribution in [-0.2, 0) is 0 Å². The van der Waals surface area contributed by atoms with Crippen molar-refractivity contribution in [1.29, 1.82) is 0 Å². The molecule has 0 heterocycles. The van der Waals surface area contributed by atoms with Crippen LogP contribution in [0, 0.1) is 6.07 Å². The third-order valence-corrected chi connectivity index (χ3v) is 1.04. The first kappa shape index (κ1) is 8.64. The molecular formula is C8H4F3O. The molecule has 0 saturated heterocycles. The summed E-state index contributed by atoms with van der Waals surface area (Å²) in [5.74, 6) is 0.0130. The molecule has 0 bridgehead atoms. The molecular weight excluding hydrogens is 169 g/mol. The van der Waals surface area contributed by atoms with Crippen LogP contribution < -0.4 is 4.74 Å². The van der Waals surface area contributed by atoms with Crippen molar-refractivity contribution in [2.24, 2.45) is 0 Å². The van der Waals surface area contributed by atoms with E-state index < -0.39 is 12.1 Å². The highest BCUT2D eigenvalue weighted by Gasteiger charge is 2.06. The van der Waals surface area contributed by atoms with Crippen LogP contribution in [0.25, 0.3) is 0 Å². The number of halogens is 3. The zero-order chi connectivity index (χ0) is 8.97. The van der Waals surface area contributed by atoms with Crippen molar-refractivity contribution >= 4 is 0 Å². The Hall–Kier alpha value is -1.45. The van der Waals surface area contributed by atoms with Gasteiger partial charge in [0.05, 0.1) is 0 Å². The Bertz CT molecular complexity index is 278. The Morgan fingerprint density at radius 1 is 1.17 bits per heavy atom. The highest BCUT2D eigenvalue weighted by molar-refractivity contribution is 5.21. The van der Waals surface area contributed by atoms with Crippen molar-refractivity contribution < 1.29 is 17.9 Å². The van der Waals surface area contributed by atoms with E-state index in [0.29, 0.717) is 0 Å². The van der Waals surface area contributed by atoms with Crippen molar-refractivity contribution in [3.05, 3.63) is 42.4 Å². The predicted octanol–water partition coefficient (Wildman–Crippen LogP) is 2.90. The lowest BCUT2D eigenvalue weighted by Gasteiger charge is -1.99. The minimum Gasteiger partial charge on any atom is -0.428 e. The Labute approximate surface area is 67.1 Å². The highest BCUT2D eigenvalue weighted by atomic mass is 19.3. The van der Waals surface area contributed by atoms with Crippen LogP contribution in [0.15, 0.2) is 36.4 Å². The van der Waals surface area contributed by atoms with Crippen LogP contribution in [0.3, 0.4) is 0 Å². The Balaban J connectivity index is 2.72. The van der Waals surface area contributed by atoms with Gasteiger partial charge >= 0.3 is 12.1 Å². The maximum absolute atomic E-state index is 12.1. The van der Waals surface area contributed by atoms with Crippen LogP contribution in [0.2, 0.25) is 0 Å². The SMILES string of the molecule is FC(F)=C(F)Oc1cc[c]cc1. The molecule has 1 rings (SSSR count). The Morgan fingerprint density at radius 3 is 2.25 bits per heavy atom. The number of hydrogen-bond acceptors (Lipinski definition) is 1. The van der Waals surface area contributed by atoms with E-state index in [1.54, 1.807) is 0 Å². The van der Waals surface area contributed by atoms with Crippen LogP contribution in [-0.4, -0.2) is 0 Å². The van der Waals surface area contributed by atoms with Crippen molar-refractivity contribution in [1.82, 2.24) is 0 Å². The van der Waals surface area contributed by atoms with E-state index in [-0.39, 0.29) is 5.75 Å². The molecule has 0 amide bonds. The fourth-order valence-corrected chi connectivity index (χ4v) is 0.582. The van der Waals surface area contributed by atoms with E-state index in [9.17, 15) is 13.2 Å². The molecule has 1 aromatic carbocycles. The second-order valence-electron chi connectivity index (χ2n) is 1.87. The topological polar surface area (TPSA) is 9.23 Å². The summed E-state index contributed by atoms with van der Waals surface area (Å²) in [5, 5.41) is 0. The van der Waals surface area contributed by atoms with Crippen molar-refractivity contribution in [2.75, 3.05) is 0 Å². The molecule has 1 aromatic rings. The second kappa shape index (κ2) is 3.80. The van der Waals surface area contributed by atoms with Gasteiger partial charge in [-0.05, 0) is 18.2 Å². The molecule has 0 spiro atoms. The van der Waals surface area contributed by atoms with Crippen molar-refractivity contribution in [3.8, 4) is 5.75 Å². The van der Waals surface area contributed by atoms with Gasteiger partial charge in [0.15, 0.2) is 0 Å². The monoisotopic (exact) mass is 173 g/mol. The first-order valence-corrected chi connectivity index (χ1v) is 3.05. The molecule has 1 radical (unpaired) electrons. The summed E-state index contributed by atoms with van der Waals surface area (Å²) >= 11 is 0. The van der Waals surface area contributed by atoms with E-state index in [4.69, 9.17) is 0 Å². The lowest BCUT2D eigenvalue weighted by atomic mass is 10.3. The minimum absolute atomic E-state index is 0.0130. The lowest BCUT2D eigenvalue weighted by Crippen LogP contribution is -1.89. The van der Waals surface area contributed by atoms with Gasteiger partial charge in [-0.2, -0.15) is 13.2 Å². The van der Waals surface area contributed by atoms with E-state index >= 15 is 0 Å². The van der Waals surface area contributed by atoms with Gasteiger partial charge in [-0.15, -0.1) is 0 Å². The zero-order valence-electron chi connectivity index (χ0n) is 5.85. The number of benzene rings is 1. The molecule has 63 valence electrons. The summed E-state index contributed by atoms with van der Waals surface area (Å²) in [7, 11) is 0. The van der Waals surface area contributed by atoms with Crippen LogP contribution in [0.5, 0.6) is 5.75 Å². The summed E-state index contributed by atoms with van der Waals surface area (Å²) in [5.41, 5.74) is 0. The van der Waals surface area contributed by atoms with Gasteiger partial charge in [-0.25, -0.2) is 0 Å². The number of rotatable bonds is 2. The first-order chi connectivity index (χ1) is 5.70. The number of ether oxygens (including phenoxy) is 1. The van der Waals surface area contributed by atoms with Gasteiger partial charge < -0.3 is 4.74 Å². The van der Waals surface area contributed by atoms with Crippen molar-refractivity contribution in [3.63, 3.8) is 0 Å².